The summed E-state index contributed by atoms with van der Waals surface area (Å²) in [6.45, 7) is 4.27. The van der Waals surface area contributed by atoms with Gasteiger partial charge in [0.2, 0.25) is 0 Å². The Kier molecular flexibility index (Phi) is 3.91. The van der Waals surface area contributed by atoms with E-state index >= 15 is 0 Å². The zero-order valence-corrected chi connectivity index (χ0v) is 12.2. The predicted octanol–water partition coefficient (Wildman–Crippen LogP) is 4.14. The number of nitrogens with zero attached hydrogens (tertiary/aromatic N) is 1. The number of benzene rings is 1. The standard InChI is InChI=1S/C15H18F3NO2/c1-14(2,3)21-13(20)19-9-15(17,18)8-12(19)10-5-4-6-11(16)7-10/h4-7,12H,8-9H2,1-3H3/t12-/m0/s1. The Bertz CT molecular complexity index is 540. The molecule has 1 atom stereocenters. The van der Waals surface area contributed by atoms with E-state index in [1.807, 2.05) is 0 Å². The van der Waals surface area contributed by atoms with E-state index in [2.05, 4.69) is 0 Å². The van der Waals surface area contributed by atoms with E-state index in [0.29, 0.717) is 5.56 Å². The third kappa shape index (κ3) is 3.89. The quantitative estimate of drug-likeness (QED) is 0.780. The lowest BCUT2D eigenvalue weighted by Crippen LogP contribution is -2.37. The molecule has 0 aliphatic carbocycles. The van der Waals surface area contributed by atoms with Crippen LogP contribution >= 0.6 is 0 Å². The molecule has 21 heavy (non-hydrogen) atoms. The second kappa shape index (κ2) is 5.24. The van der Waals surface area contributed by atoms with Crippen molar-refractivity contribution in [3.8, 4) is 0 Å². The van der Waals surface area contributed by atoms with E-state index in [4.69, 9.17) is 4.74 Å². The molecule has 116 valence electrons. The van der Waals surface area contributed by atoms with Crippen molar-refractivity contribution in [2.24, 2.45) is 0 Å². The van der Waals surface area contributed by atoms with E-state index in [1.54, 1.807) is 20.8 Å². The number of halogens is 3. The summed E-state index contributed by atoms with van der Waals surface area (Å²) in [7, 11) is 0. The molecular weight excluding hydrogens is 283 g/mol. The molecule has 1 heterocycles. The zero-order valence-electron chi connectivity index (χ0n) is 12.2. The molecule has 0 bridgehead atoms. The Hall–Kier alpha value is -1.72. The largest absolute Gasteiger partial charge is 0.444 e. The van der Waals surface area contributed by atoms with Gasteiger partial charge in [0.05, 0.1) is 12.6 Å². The molecule has 2 rings (SSSR count). The van der Waals surface area contributed by atoms with Crippen LogP contribution in [0.15, 0.2) is 24.3 Å². The van der Waals surface area contributed by atoms with E-state index in [9.17, 15) is 18.0 Å². The highest BCUT2D eigenvalue weighted by atomic mass is 19.3. The summed E-state index contributed by atoms with van der Waals surface area (Å²) in [6.07, 6.45) is -1.34. The molecule has 1 aromatic carbocycles. The first kappa shape index (κ1) is 15.7. The molecule has 1 saturated heterocycles. The number of rotatable bonds is 1. The van der Waals surface area contributed by atoms with Crippen molar-refractivity contribution in [3.63, 3.8) is 0 Å². The van der Waals surface area contributed by atoms with Crippen LogP contribution in [0.4, 0.5) is 18.0 Å². The highest BCUT2D eigenvalue weighted by molar-refractivity contribution is 5.69. The number of hydrogen-bond donors (Lipinski definition) is 0. The molecule has 0 saturated carbocycles. The lowest BCUT2D eigenvalue weighted by Gasteiger charge is -2.28. The number of carbonyl (C=O) groups excluding carboxylic acids is 1. The molecule has 3 nitrogen and oxygen atoms in total. The Labute approximate surface area is 121 Å². The van der Waals surface area contributed by atoms with Crippen LogP contribution in [0.2, 0.25) is 0 Å². The molecule has 0 radical (unpaired) electrons. The molecule has 1 amide bonds. The van der Waals surface area contributed by atoms with Gasteiger partial charge in [0.25, 0.3) is 5.92 Å². The fourth-order valence-electron chi connectivity index (χ4n) is 2.34. The van der Waals surface area contributed by atoms with Gasteiger partial charge in [-0.25, -0.2) is 18.0 Å². The molecule has 6 heteroatoms. The normalized spacial score (nSPS) is 21.4. The van der Waals surface area contributed by atoms with Crippen molar-refractivity contribution in [2.45, 2.75) is 44.8 Å². The van der Waals surface area contributed by atoms with Gasteiger partial charge < -0.3 is 4.74 Å². The first-order chi connectivity index (χ1) is 9.57. The lowest BCUT2D eigenvalue weighted by atomic mass is 10.0. The molecule has 0 N–H and O–H groups in total. The number of alkyl halides is 2. The summed E-state index contributed by atoms with van der Waals surface area (Å²) in [5.41, 5.74) is -0.431. The summed E-state index contributed by atoms with van der Waals surface area (Å²) in [5, 5.41) is 0. The zero-order chi connectivity index (χ0) is 15.8. The van der Waals surface area contributed by atoms with Gasteiger partial charge in [-0.3, -0.25) is 4.90 Å². The average Bonchev–Trinajstić information content (AvgIpc) is 2.63. The van der Waals surface area contributed by atoms with Gasteiger partial charge in [-0.05, 0) is 38.5 Å². The van der Waals surface area contributed by atoms with Gasteiger partial charge in [-0.1, -0.05) is 12.1 Å². The van der Waals surface area contributed by atoms with Gasteiger partial charge in [0.15, 0.2) is 0 Å². The SMILES string of the molecule is CC(C)(C)OC(=O)N1CC(F)(F)C[C@H]1c1cccc(F)c1. The first-order valence-corrected chi connectivity index (χ1v) is 6.70. The highest BCUT2D eigenvalue weighted by Crippen LogP contribution is 2.41. The maximum Gasteiger partial charge on any atom is 0.411 e. The predicted molar refractivity (Wildman–Crippen MR) is 71.6 cm³/mol. The van der Waals surface area contributed by atoms with Gasteiger partial charge >= 0.3 is 6.09 Å². The lowest BCUT2D eigenvalue weighted by molar-refractivity contribution is -0.00243. The highest BCUT2D eigenvalue weighted by Gasteiger charge is 2.48. The fourth-order valence-corrected chi connectivity index (χ4v) is 2.34. The molecule has 0 spiro atoms. The molecule has 0 aromatic heterocycles. The van der Waals surface area contributed by atoms with E-state index in [-0.39, 0.29) is 0 Å². The molecular formula is C15H18F3NO2. The minimum atomic E-state index is -3.01. The summed E-state index contributed by atoms with van der Waals surface area (Å²) in [5.74, 6) is -3.53. The molecule has 0 unspecified atom stereocenters. The van der Waals surface area contributed by atoms with Crippen molar-refractivity contribution in [3.05, 3.63) is 35.6 Å². The minimum Gasteiger partial charge on any atom is -0.444 e. The average molecular weight is 301 g/mol. The van der Waals surface area contributed by atoms with Crippen molar-refractivity contribution in [1.82, 2.24) is 4.90 Å². The number of likely N-dealkylation sites (tertiary alicyclic amines) is 1. The second-order valence-electron chi connectivity index (χ2n) is 6.24. The third-order valence-electron chi connectivity index (χ3n) is 3.13. The number of ether oxygens (including phenoxy) is 1. The third-order valence-corrected chi connectivity index (χ3v) is 3.13. The number of hydrogen-bond acceptors (Lipinski definition) is 2. The van der Waals surface area contributed by atoms with Crippen molar-refractivity contribution < 1.29 is 22.7 Å². The summed E-state index contributed by atoms with van der Waals surface area (Å²) in [4.78, 5) is 13.1. The molecule has 1 aliphatic rings. The monoisotopic (exact) mass is 301 g/mol. The summed E-state index contributed by atoms with van der Waals surface area (Å²) < 4.78 is 45.8. The summed E-state index contributed by atoms with van der Waals surface area (Å²) >= 11 is 0. The van der Waals surface area contributed by atoms with Crippen molar-refractivity contribution in [1.29, 1.82) is 0 Å². The Morgan fingerprint density at radius 3 is 2.62 bits per heavy atom. The van der Waals surface area contributed by atoms with Crippen LogP contribution in [0.25, 0.3) is 0 Å². The van der Waals surface area contributed by atoms with Crippen molar-refractivity contribution >= 4 is 6.09 Å². The van der Waals surface area contributed by atoms with Crippen molar-refractivity contribution in [2.75, 3.05) is 6.54 Å². The van der Waals surface area contributed by atoms with Crippen LogP contribution < -0.4 is 0 Å². The van der Waals surface area contributed by atoms with Gasteiger partial charge in [-0.2, -0.15) is 0 Å². The van der Waals surface area contributed by atoms with E-state index < -0.39 is 42.4 Å². The van der Waals surface area contributed by atoms with Crippen LogP contribution in [0.3, 0.4) is 0 Å². The second-order valence-corrected chi connectivity index (χ2v) is 6.24. The smallest absolute Gasteiger partial charge is 0.411 e. The Balaban J connectivity index is 2.27. The fraction of sp³-hybridized carbons (Fsp3) is 0.533. The van der Waals surface area contributed by atoms with Crippen LogP contribution in [-0.2, 0) is 4.74 Å². The van der Waals surface area contributed by atoms with Gasteiger partial charge in [-0.15, -0.1) is 0 Å². The van der Waals surface area contributed by atoms with Gasteiger partial charge in [0, 0.05) is 6.42 Å². The van der Waals surface area contributed by atoms with Crippen LogP contribution in [0, 0.1) is 5.82 Å². The Morgan fingerprint density at radius 2 is 2.05 bits per heavy atom. The van der Waals surface area contributed by atoms with E-state index in [1.165, 1.54) is 24.3 Å². The summed E-state index contributed by atoms with van der Waals surface area (Å²) in [6, 6.07) is 4.49. The number of amides is 1. The van der Waals surface area contributed by atoms with Crippen LogP contribution in [0.5, 0.6) is 0 Å². The molecule has 1 aromatic rings. The van der Waals surface area contributed by atoms with Crippen LogP contribution in [0.1, 0.15) is 38.8 Å². The maximum atomic E-state index is 13.7. The first-order valence-electron chi connectivity index (χ1n) is 6.70. The minimum absolute atomic E-state index is 0.345. The maximum absolute atomic E-state index is 13.7. The van der Waals surface area contributed by atoms with Crippen LogP contribution in [-0.4, -0.2) is 29.1 Å². The topological polar surface area (TPSA) is 29.5 Å². The van der Waals surface area contributed by atoms with E-state index in [0.717, 1.165) is 4.90 Å². The van der Waals surface area contributed by atoms with Gasteiger partial charge in [0.1, 0.15) is 11.4 Å². The Morgan fingerprint density at radius 1 is 1.38 bits per heavy atom. The molecule has 1 fully saturated rings. The molecule has 1 aliphatic heterocycles. The number of carbonyl (C=O) groups is 1.